The van der Waals surface area contributed by atoms with Gasteiger partial charge in [0.2, 0.25) is 5.91 Å². The molecule has 1 fully saturated rings. The number of nitrogens with zero attached hydrogens (tertiary/aromatic N) is 1. The molecule has 2 atom stereocenters. The number of amides is 1. The minimum absolute atomic E-state index is 0.101. The number of likely N-dealkylation sites (tertiary alicyclic amines) is 1. The number of esters is 1. The second-order valence-electron chi connectivity index (χ2n) is 3.99. The molecule has 1 saturated heterocycles. The van der Waals surface area contributed by atoms with E-state index in [1.165, 1.54) is 0 Å². The molecule has 0 bridgehead atoms. The molecule has 1 amide bonds. The lowest BCUT2D eigenvalue weighted by atomic mass is 9.98. The van der Waals surface area contributed by atoms with Gasteiger partial charge in [0.15, 0.2) is 0 Å². The number of carbonyl (C=O) groups excluding carboxylic acids is 2. The lowest BCUT2D eigenvalue weighted by molar-refractivity contribution is -0.151. The molecule has 0 unspecified atom stereocenters. The number of hydrogen-bond acceptors (Lipinski definition) is 3. The number of rotatable bonds is 3. The van der Waals surface area contributed by atoms with E-state index in [9.17, 15) is 9.59 Å². The van der Waals surface area contributed by atoms with Gasteiger partial charge in [0, 0.05) is 13.1 Å². The number of halogens is 1. The molecule has 0 aromatic carbocycles. The van der Waals surface area contributed by atoms with Crippen LogP contribution in [-0.4, -0.2) is 41.8 Å². The van der Waals surface area contributed by atoms with Crippen LogP contribution in [0.25, 0.3) is 0 Å². The third kappa shape index (κ3) is 3.37. The molecule has 1 aliphatic rings. The molecule has 0 spiro atoms. The Morgan fingerprint density at radius 2 is 2.25 bits per heavy atom. The highest BCUT2D eigenvalue weighted by Crippen LogP contribution is 2.19. The molecule has 0 aliphatic carbocycles. The Bertz CT molecular complexity index is 268. The minimum atomic E-state index is -0.527. The van der Waals surface area contributed by atoms with Crippen molar-refractivity contribution in [3.05, 3.63) is 0 Å². The van der Waals surface area contributed by atoms with Crippen LogP contribution in [0.5, 0.6) is 0 Å². The molecule has 0 aromatic rings. The highest BCUT2D eigenvalue weighted by atomic mass is 35.5. The predicted molar refractivity (Wildman–Crippen MR) is 61.3 cm³/mol. The number of ether oxygens (including phenoxy) is 1. The van der Waals surface area contributed by atoms with Gasteiger partial charge in [-0.1, -0.05) is 0 Å². The highest BCUT2D eigenvalue weighted by Gasteiger charge is 2.30. The molecule has 0 N–H and O–H groups in total. The van der Waals surface area contributed by atoms with Crippen molar-refractivity contribution in [3.8, 4) is 0 Å². The van der Waals surface area contributed by atoms with E-state index in [0.717, 1.165) is 12.8 Å². The third-order valence-corrected chi connectivity index (χ3v) is 2.88. The van der Waals surface area contributed by atoms with E-state index in [1.54, 1.807) is 18.7 Å². The van der Waals surface area contributed by atoms with Gasteiger partial charge in [0.25, 0.3) is 0 Å². The van der Waals surface area contributed by atoms with Crippen LogP contribution in [0, 0.1) is 5.92 Å². The maximum absolute atomic E-state index is 11.7. The summed E-state index contributed by atoms with van der Waals surface area (Å²) in [5, 5.41) is -0.527. The first kappa shape index (κ1) is 13.3. The summed E-state index contributed by atoms with van der Waals surface area (Å²) in [5.41, 5.74) is 0. The zero-order chi connectivity index (χ0) is 12.1. The Labute approximate surface area is 101 Å². The smallest absolute Gasteiger partial charge is 0.310 e. The summed E-state index contributed by atoms with van der Waals surface area (Å²) in [4.78, 5) is 24.9. The first-order valence-electron chi connectivity index (χ1n) is 5.65. The van der Waals surface area contributed by atoms with Crippen molar-refractivity contribution in [1.29, 1.82) is 0 Å². The first-order chi connectivity index (χ1) is 7.56. The Kier molecular flexibility index (Phi) is 5.06. The van der Waals surface area contributed by atoms with Crippen LogP contribution in [0.3, 0.4) is 0 Å². The van der Waals surface area contributed by atoms with Gasteiger partial charge in [-0.15, -0.1) is 11.6 Å². The zero-order valence-corrected chi connectivity index (χ0v) is 10.5. The van der Waals surface area contributed by atoms with Crippen LogP contribution in [0.1, 0.15) is 26.7 Å². The molecule has 0 saturated carbocycles. The summed E-state index contributed by atoms with van der Waals surface area (Å²) in [6, 6.07) is 0. The van der Waals surface area contributed by atoms with Crippen molar-refractivity contribution in [2.45, 2.75) is 32.1 Å². The van der Waals surface area contributed by atoms with E-state index in [4.69, 9.17) is 16.3 Å². The number of hydrogen-bond donors (Lipinski definition) is 0. The topological polar surface area (TPSA) is 46.6 Å². The third-order valence-electron chi connectivity index (χ3n) is 2.69. The molecule has 92 valence electrons. The Morgan fingerprint density at radius 1 is 1.56 bits per heavy atom. The monoisotopic (exact) mass is 247 g/mol. The fourth-order valence-electron chi connectivity index (χ4n) is 1.88. The fourth-order valence-corrected chi connectivity index (χ4v) is 2.02. The maximum atomic E-state index is 11.7. The summed E-state index contributed by atoms with van der Waals surface area (Å²) >= 11 is 5.74. The molecule has 5 heteroatoms. The lowest BCUT2D eigenvalue weighted by Gasteiger charge is -2.32. The molecular formula is C11H18ClNO3. The van der Waals surface area contributed by atoms with Gasteiger partial charge in [-0.05, 0) is 26.7 Å². The van der Waals surface area contributed by atoms with Gasteiger partial charge in [-0.2, -0.15) is 0 Å². The SMILES string of the molecule is CCOC(=O)[C@@H]1CCCN(C(=O)[C@H](C)Cl)C1. The molecule has 4 nitrogen and oxygen atoms in total. The van der Waals surface area contributed by atoms with Gasteiger partial charge in [-0.3, -0.25) is 9.59 Å². The van der Waals surface area contributed by atoms with Crippen molar-refractivity contribution in [2.75, 3.05) is 19.7 Å². The van der Waals surface area contributed by atoms with Crippen molar-refractivity contribution in [3.63, 3.8) is 0 Å². The zero-order valence-electron chi connectivity index (χ0n) is 9.74. The summed E-state index contributed by atoms with van der Waals surface area (Å²) in [6.45, 7) is 4.94. The van der Waals surface area contributed by atoms with Gasteiger partial charge in [-0.25, -0.2) is 0 Å². The molecule has 0 radical (unpaired) electrons. The van der Waals surface area contributed by atoms with Crippen LogP contribution in [0.2, 0.25) is 0 Å². The standard InChI is InChI=1S/C11H18ClNO3/c1-3-16-11(15)9-5-4-6-13(7-9)10(14)8(2)12/h8-9H,3-7H2,1-2H3/t8-,9+/m0/s1. The van der Waals surface area contributed by atoms with Crippen molar-refractivity contribution < 1.29 is 14.3 Å². The lowest BCUT2D eigenvalue weighted by Crippen LogP contribution is -2.45. The minimum Gasteiger partial charge on any atom is -0.466 e. The van der Waals surface area contributed by atoms with Crippen molar-refractivity contribution in [2.24, 2.45) is 5.92 Å². The van der Waals surface area contributed by atoms with Gasteiger partial charge >= 0.3 is 5.97 Å². The summed E-state index contributed by atoms with van der Waals surface area (Å²) < 4.78 is 4.96. The highest BCUT2D eigenvalue weighted by molar-refractivity contribution is 6.30. The first-order valence-corrected chi connectivity index (χ1v) is 6.09. The van der Waals surface area contributed by atoms with E-state index in [0.29, 0.717) is 19.7 Å². The molecular weight excluding hydrogens is 230 g/mol. The number of carbonyl (C=O) groups is 2. The molecule has 1 rings (SSSR count). The van der Waals surface area contributed by atoms with Crippen LogP contribution in [0.4, 0.5) is 0 Å². The van der Waals surface area contributed by atoms with Crippen LogP contribution in [-0.2, 0) is 14.3 Å². The van der Waals surface area contributed by atoms with Gasteiger partial charge in [0.1, 0.15) is 5.38 Å². The molecule has 1 aliphatic heterocycles. The summed E-state index contributed by atoms with van der Waals surface area (Å²) in [7, 11) is 0. The van der Waals surface area contributed by atoms with E-state index in [2.05, 4.69) is 0 Å². The number of piperidine rings is 1. The van der Waals surface area contributed by atoms with Crippen molar-refractivity contribution in [1.82, 2.24) is 4.90 Å². The molecule has 1 heterocycles. The second kappa shape index (κ2) is 6.09. The molecule has 0 aromatic heterocycles. The van der Waals surface area contributed by atoms with Crippen LogP contribution >= 0.6 is 11.6 Å². The predicted octanol–water partition coefficient (Wildman–Crippen LogP) is 1.42. The largest absolute Gasteiger partial charge is 0.466 e. The van der Waals surface area contributed by atoms with Gasteiger partial charge in [0.05, 0.1) is 12.5 Å². The van der Waals surface area contributed by atoms with Crippen LogP contribution in [0.15, 0.2) is 0 Å². The van der Waals surface area contributed by atoms with Gasteiger partial charge < -0.3 is 9.64 Å². The van der Waals surface area contributed by atoms with E-state index in [1.807, 2.05) is 0 Å². The normalized spacial score (nSPS) is 22.7. The average molecular weight is 248 g/mol. The maximum Gasteiger partial charge on any atom is 0.310 e. The Balaban J connectivity index is 2.53. The Hall–Kier alpha value is -0.770. The van der Waals surface area contributed by atoms with Crippen LogP contribution < -0.4 is 0 Å². The summed E-state index contributed by atoms with van der Waals surface area (Å²) in [5.74, 6) is -0.494. The summed E-state index contributed by atoms with van der Waals surface area (Å²) in [6.07, 6.45) is 1.62. The molecule has 16 heavy (non-hydrogen) atoms. The number of alkyl halides is 1. The Morgan fingerprint density at radius 3 is 2.81 bits per heavy atom. The quantitative estimate of drug-likeness (QED) is 0.560. The second-order valence-corrected chi connectivity index (χ2v) is 4.65. The average Bonchev–Trinajstić information content (AvgIpc) is 2.28. The van der Waals surface area contributed by atoms with E-state index >= 15 is 0 Å². The fraction of sp³-hybridized carbons (Fsp3) is 0.818. The van der Waals surface area contributed by atoms with E-state index < -0.39 is 5.38 Å². The van der Waals surface area contributed by atoms with E-state index in [-0.39, 0.29) is 17.8 Å². The van der Waals surface area contributed by atoms with Crippen molar-refractivity contribution >= 4 is 23.5 Å².